The van der Waals surface area contributed by atoms with E-state index in [0.29, 0.717) is 0 Å². The molecule has 6 nitrogen and oxygen atoms in total. The summed E-state index contributed by atoms with van der Waals surface area (Å²) in [5.41, 5.74) is -0.946. The molecule has 2 amide bonds. The van der Waals surface area contributed by atoms with Gasteiger partial charge in [0.25, 0.3) is 5.91 Å². The maximum absolute atomic E-state index is 12.6. The number of amides is 2. The molecule has 1 aromatic heterocycles. The summed E-state index contributed by atoms with van der Waals surface area (Å²) < 4.78 is 37.7. The van der Waals surface area contributed by atoms with Gasteiger partial charge in [-0.25, -0.2) is 4.98 Å². The van der Waals surface area contributed by atoms with Crippen molar-refractivity contribution in [2.24, 2.45) is 11.3 Å². The van der Waals surface area contributed by atoms with Crippen LogP contribution >= 0.6 is 11.3 Å². The number of alkyl halides is 3. The lowest BCUT2D eigenvalue weighted by Gasteiger charge is -2.31. The first-order valence-corrected chi connectivity index (χ1v) is 9.14. The van der Waals surface area contributed by atoms with Crippen molar-refractivity contribution < 1.29 is 27.9 Å². The number of aliphatic hydroxyl groups is 1. The van der Waals surface area contributed by atoms with Gasteiger partial charge in [0.1, 0.15) is 4.88 Å². The third-order valence-corrected chi connectivity index (χ3v) is 6.28. The number of carbonyl (C=O) groups is 2. The molecule has 2 atom stereocenters. The van der Waals surface area contributed by atoms with E-state index in [0.717, 1.165) is 31.9 Å². The average Bonchev–Trinajstić information content (AvgIpc) is 3.12. The van der Waals surface area contributed by atoms with E-state index in [2.05, 4.69) is 15.6 Å². The Balaban J connectivity index is 1.55. The highest BCUT2D eigenvalue weighted by atomic mass is 32.1. The summed E-state index contributed by atoms with van der Waals surface area (Å²) in [6, 6.07) is 0. The summed E-state index contributed by atoms with van der Waals surface area (Å²) in [6.45, 7) is 1.07. The maximum atomic E-state index is 12.6. The smallest absolute Gasteiger partial charge is 0.394 e. The number of rotatable bonds is 6. The van der Waals surface area contributed by atoms with Gasteiger partial charge < -0.3 is 15.7 Å². The van der Waals surface area contributed by atoms with Gasteiger partial charge in [-0.2, -0.15) is 13.2 Å². The molecule has 0 radical (unpaired) electrons. The van der Waals surface area contributed by atoms with Crippen LogP contribution < -0.4 is 10.6 Å². The minimum atomic E-state index is -4.60. The van der Waals surface area contributed by atoms with Crippen LogP contribution in [0.2, 0.25) is 0 Å². The molecule has 0 bridgehead atoms. The van der Waals surface area contributed by atoms with E-state index in [4.69, 9.17) is 0 Å². The number of hydrogen-bond donors (Lipinski definition) is 3. The number of halogens is 3. The lowest BCUT2D eigenvalue weighted by molar-refractivity contribution is -0.137. The van der Waals surface area contributed by atoms with E-state index in [-0.39, 0.29) is 40.0 Å². The SMILES string of the molecule is CC(CO)(CNC(=O)c1cnc(C(F)(F)F)s1)NC(=O)C1CC12CCC2. The van der Waals surface area contributed by atoms with E-state index < -0.39 is 29.2 Å². The molecule has 2 saturated carbocycles. The second-order valence-corrected chi connectivity index (χ2v) is 8.42. The van der Waals surface area contributed by atoms with Crippen molar-refractivity contribution in [1.29, 1.82) is 0 Å². The molecule has 2 aliphatic rings. The first kappa shape index (κ1) is 19.1. The van der Waals surface area contributed by atoms with Crippen LogP contribution in [0.15, 0.2) is 6.20 Å². The highest BCUT2D eigenvalue weighted by Crippen LogP contribution is 2.65. The predicted octanol–water partition coefficient (Wildman–Crippen LogP) is 1.95. The fourth-order valence-electron chi connectivity index (χ4n) is 3.30. The van der Waals surface area contributed by atoms with Crippen molar-refractivity contribution >= 4 is 23.2 Å². The van der Waals surface area contributed by atoms with E-state index in [9.17, 15) is 27.9 Å². The Labute approximate surface area is 152 Å². The van der Waals surface area contributed by atoms with E-state index in [1.807, 2.05) is 0 Å². The number of aliphatic hydroxyl groups excluding tert-OH is 1. The van der Waals surface area contributed by atoms with Crippen molar-refractivity contribution in [3.63, 3.8) is 0 Å². The first-order valence-electron chi connectivity index (χ1n) is 8.33. The number of nitrogens with one attached hydrogen (secondary N) is 2. The topological polar surface area (TPSA) is 91.3 Å². The molecule has 3 N–H and O–H groups in total. The number of hydrogen-bond acceptors (Lipinski definition) is 5. The van der Waals surface area contributed by atoms with E-state index >= 15 is 0 Å². The normalized spacial score (nSPS) is 23.0. The van der Waals surface area contributed by atoms with Crippen molar-refractivity contribution in [3.05, 3.63) is 16.1 Å². The zero-order valence-corrected chi connectivity index (χ0v) is 15.0. The lowest BCUT2D eigenvalue weighted by atomic mass is 9.79. The molecular formula is C16H20F3N3O3S. The molecule has 144 valence electrons. The summed E-state index contributed by atoms with van der Waals surface area (Å²) in [5.74, 6) is -0.921. The third kappa shape index (κ3) is 3.71. The van der Waals surface area contributed by atoms with Crippen LogP contribution in [-0.2, 0) is 11.0 Å². The fraction of sp³-hybridized carbons (Fsp3) is 0.688. The summed E-state index contributed by atoms with van der Waals surface area (Å²) >= 11 is 0.247. The highest BCUT2D eigenvalue weighted by molar-refractivity contribution is 7.13. The Hall–Kier alpha value is -1.68. The van der Waals surface area contributed by atoms with Crippen LogP contribution in [0.25, 0.3) is 0 Å². The number of thiazole rings is 1. The van der Waals surface area contributed by atoms with Gasteiger partial charge in [-0.1, -0.05) is 6.42 Å². The monoisotopic (exact) mass is 391 g/mol. The molecule has 0 aliphatic heterocycles. The Bertz CT molecular complexity index is 717. The molecule has 2 unspecified atom stereocenters. The van der Waals surface area contributed by atoms with Crippen molar-refractivity contribution in [3.8, 4) is 0 Å². The number of nitrogens with zero attached hydrogens (tertiary/aromatic N) is 1. The number of carbonyl (C=O) groups excluding carboxylic acids is 2. The molecule has 10 heteroatoms. The summed E-state index contributed by atoms with van der Waals surface area (Å²) in [6.07, 6.45) is 0.343. The van der Waals surface area contributed by atoms with Crippen LogP contribution in [0.3, 0.4) is 0 Å². The van der Waals surface area contributed by atoms with Gasteiger partial charge in [-0.3, -0.25) is 9.59 Å². The van der Waals surface area contributed by atoms with Crippen LogP contribution in [0.1, 0.15) is 47.3 Å². The van der Waals surface area contributed by atoms with E-state index in [1.165, 1.54) is 0 Å². The Morgan fingerprint density at radius 1 is 1.42 bits per heavy atom. The summed E-state index contributed by atoms with van der Waals surface area (Å²) in [7, 11) is 0. The lowest BCUT2D eigenvalue weighted by Crippen LogP contribution is -2.56. The second-order valence-electron chi connectivity index (χ2n) is 7.39. The molecule has 2 fully saturated rings. The molecule has 1 aromatic rings. The Morgan fingerprint density at radius 2 is 2.12 bits per heavy atom. The Morgan fingerprint density at radius 3 is 2.58 bits per heavy atom. The van der Waals surface area contributed by atoms with Gasteiger partial charge in [0.2, 0.25) is 5.91 Å². The molecule has 1 heterocycles. The zero-order chi connectivity index (χ0) is 19.2. The van der Waals surface area contributed by atoms with Crippen molar-refractivity contribution in [2.45, 2.75) is 44.3 Å². The van der Waals surface area contributed by atoms with Gasteiger partial charge in [0.15, 0.2) is 5.01 Å². The predicted molar refractivity (Wildman–Crippen MR) is 87.5 cm³/mol. The molecule has 0 aromatic carbocycles. The highest BCUT2D eigenvalue weighted by Gasteiger charge is 2.61. The quantitative estimate of drug-likeness (QED) is 0.691. The second kappa shape index (κ2) is 6.49. The van der Waals surface area contributed by atoms with Crippen LogP contribution in [0.5, 0.6) is 0 Å². The minimum absolute atomic E-state index is 0.0475. The van der Waals surface area contributed by atoms with Crippen LogP contribution in [0.4, 0.5) is 13.2 Å². The maximum Gasteiger partial charge on any atom is 0.443 e. The van der Waals surface area contributed by atoms with Gasteiger partial charge >= 0.3 is 6.18 Å². The third-order valence-electron chi connectivity index (χ3n) is 5.24. The van der Waals surface area contributed by atoms with Gasteiger partial charge in [0, 0.05) is 12.5 Å². The molecule has 26 heavy (non-hydrogen) atoms. The van der Waals surface area contributed by atoms with Crippen molar-refractivity contribution in [1.82, 2.24) is 15.6 Å². The average molecular weight is 391 g/mol. The standard InChI is InChI=1S/C16H20F3N3O3S/c1-14(8-23,22-11(24)9-5-15(9)3-2-4-15)7-21-12(25)10-6-20-13(26-10)16(17,18)19/h6,9,23H,2-5,7-8H2,1H3,(H,21,25)(H,22,24). The molecule has 0 saturated heterocycles. The minimum Gasteiger partial charge on any atom is -0.394 e. The molecule has 1 spiro atoms. The molecular weight excluding hydrogens is 371 g/mol. The van der Waals surface area contributed by atoms with Gasteiger partial charge in [0.05, 0.1) is 18.3 Å². The fourth-order valence-corrected chi connectivity index (χ4v) is 4.00. The van der Waals surface area contributed by atoms with Gasteiger partial charge in [-0.15, -0.1) is 11.3 Å². The molecule has 2 aliphatic carbocycles. The zero-order valence-electron chi connectivity index (χ0n) is 14.2. The van der Waals surface area contributed by atoms with Crippen LogP contribution in [0, 0.1) is 11.3 Å². The first-order chi connectivity index (χ1) is 12.1. The van der Waals surface area contributed by atoms with Crippen molar-refractivity contribution in [2.75, 3.05) is 13.2 Å². The Kier molecular flexibility index (Phi) is 4.76. The summed E-state index contributed by atoms with van der Waals surface area (Å²) in [5, 5.41) is 13.7. The molecule has 3 rings (SSSR count). The van der Waals surface area contributed by atoms with E-state index in [1.54, 1.807) is 6.92 Å². The van der Waals surface area contributed by atoms with Gasteiger partial charge in [-0.05, 0) is 31.6 Å². The summed E-state index contributed by atoms with van der Waals surface area (Å²) in [4.78, 5) is 27.4. The largest absolute Gasteiger partial charge is 0.443 e. The van der Waals surface area contributed by atoms with Crippen LogP contribution in [-0.4, -0.2) is 40.6 Å². The number of aromatic nitrogens is 1.